The second kappa shape index (κ2) is 4.90. The van der Waals surface area contributed by atoms with Gasteiger partial charge in [0.2, 0.25) is 0 Å². The smallest absolute Gasteiger partial charge is 0.284 e. The number of hydrogen-bond acceptors (Lipinski definition) is 5. The first-order valence-electron chi connectivity index (χ1n) is 6.22. The zero-order valence-corrected chi connectivity index (χ0v) is 11.5. The molecule has 0 unspecified atom stereocenters. The molecule has 0 saturated heterocycles. The monoisotopic (exact) mass is 284 g/mol. The fourth-order valence-electron chi connectivity index (χ4n) is 2.22. The molecule has 6 nitrogen and oxygen atoms in total. The summed E-state index contributed by atoms with van der Waals surface area (Å²) in [7, 11) is 3.00. The van der Waals surface area contributed by atoms with E-state index >= 15 is 0 Å². The summed E-state index contributed by atoms with van der Waals surface area (Å²) in [4.78, 5) is 29.8. The van der Waals surface area contributed by atoms with E-state index < -0.39 is 11.8 Å². The number of benzene rings is 1. The Labute approximate surface area is 120 Å². The molecular formula is C15H12N2O4. The quantitative estimate of drug-likeness (QED) is 0.805. The second-order valence-corrected chi connectivity index (χ2v) is 4.42. The van der Waals surface area contributed by atoms with Crippen LogP contribution >= 0.6 is 0 Å². The molecule has 0 atom stereocenters. The number of aromatic nitrogens is 1. The van der Waals surface area contributed by atoms with Gasteiger partial charge in [-0.25, -0.2) is 4.90 Å². The molecule has 106 valence electrons. The molecule has 0 saturated carbocycles. The van der Waals surface area contributed by atoms with Crippen LogP contribution in [0.15, 0.2) is 36.5 Å². The maximum Gasteiger partial charge on any atom is 0.284 e. The fraction of sp³-hybridized carbons (Fsp3) is 0.133. The number of hydrogen-bond donors (Lipinski definition) is 0. The summed E-state index contributed by atoms with van der Waals surface area (Å²) in [6, 6.07) is 8.08. The summed E-state index contributed by atoms with van der Waals surface area (Å²) in [5.74, 6) is 0.132. The lowest BCUT2D eigenvalue weighted by atomic mass is 10.2. The summed E-state index contributed by atoms with van der Waals surface area (Å²) in [6.45, 7) is 0. The van der Waals surface area contributed by atoms with Crippen molar-refractivity contribution >= 4 is 17.5 Å². The molecule has 1 aromatic carbocycles. The molecule has 1 aliphatic rings. The minimum Gasteiger partial charge on any atom is -0.497 e. The third kappa shape index (κ3) is 2.01. The highest BCUT2D eigenvalue weighted by Crippen LogP contribution is 2.33. The van der Waals surface area contributed by atoms with E-state index in [0.717, 1.165) is 4.90 Å². The zero-order valence-electron chi connectivity index (χ0n) is 11.5. The van der Waals surface area contributed by atoms with Crippen molar-refractivity contribution in [3.05, 3.63) is 47.8 Å². The Morgan fingerprint density at radius 2 is 1.67 bits per heavy atom. The van der Waals surface area contributed by atoms with E-state index in [0.29, 0.717) is 22.7 Å². The van der Waals surface area contributed by atoms with Crippen molar-refractivity contribution in [2.45, 2.75) is 0 Å². The number of fused-ring (bicyclic) bond motifs is 1. The van der Waals surface area contributed by atoms with E-state index in [-0.39, 0.29) is 5.69 Å². The standard InChI is InChI=1S/C15H12N2O4/c1-20-10-6-9(7-11(8-10)21-2)17-14(18)12-4-3-5-16-13(12)15(17)19/h3-8H,1-2H3. The molecule has 0 N–H and O–H groups in total. The predicted octanol–water partition coefficient (Wildman–Crippen LogP) is 1.90. The summed E-state index contributed by atoms with van der Waals surface area (Å²) < 4.78 is 10.3. The molecule has 6 heteroatoms. The molecule has 2 aromatic rings. The van der Waals surface area contributed by atoms with Crippen LogP contribution in [-0.4, -0.2) is 31.0 Å². The summed E-state index contributed by atoms with van der Waals surface area (Å²) in [5, 5.41) is 0. The molecule has 2 heterocycles. The van der Waals surface area contributed by atoms with Gasteiger partial charge in [-0.1, -0.05) is 0 Å². The molecule has 2 amide bonds. The summed E-state index contributed by atoms with van der Waals surface area (Å²) in [5.41, 5.74) is 0.841. The first kappa shape index (κ1) is 13.1. The molecule has 0 aliphatic carbocycles. The maximum atomic E-state index is 12.4. The maximum absolute atomic E-state index is 12.4. The molecule has 3 rings (SSSR count). The topological polar surface area (TPSA) is 68.7 Å². The third-order valence-electron chi connectivity index (χ3n) is 3.24. The van der Waals surface area contributed by atoms with Crippen molar-refractivity contribution in [2.24, 2.45) is 0 Å². The van der Waals surface area contributed by atoms with Gasteiger partial charge in [0, 0.05) is 24.4 Å². The first-order chi connectivity index (χ1) is 10.2. The van der Waals surface area contributed by atoms with E-state index in [4.69, 9.17) is 9.47 Å². The van der Waals surface area contributed by atoms with E-state index in [1.165, 1.54) is 20.4 Å². The Morgan fingerprint density at radius 1 is 1.00 bits per heavy atom. The number of imide groups is 1. The van der Waals surface area contributed by atoms with Crippen LogP contribution in [0.2, 0.25) is 0 Å². The minimum atomic E-state index is -0.453. The van der Waals surface area contributed by atoms with Gasteiger partial charge in [0.1, 0.15) is 17.2 Å². The Bertz CT molecular complexity index is 685. The van der Waals surface area contributed by atoms with Crippen molar-refractivity contribution < 1.29 is 19.1 Å². The van der Waals surface area contributed by atoms with Crippen LogP contribution in [0.5, 0.6) is 11.5 Å². The lowest BCUT2D eigenvalue weighted by Crippen LogP contribution is -2.29. The normalized spacial score (nSPS) is 13.3. The number of nitrogens with zero attached hydrogens (tertiary/aromatic N) is 2. The van der Waals surface area contributed by atoms with Gasteiger partial charge in [0.25, 0.3) is 11.8 Å². The van der Waals surface area contributed by atoms with Gasteiger partial charge in [-0.05, 0) is 12.1 Å². The van der Waals surface area contributed by atoms with Gasteiger partial charge < -0.3 is 9.47 Å². The van der Waals surface area contributed by atoms with Crippen molar-refractivity contribution in [2.75, 3.05) is 19.1 Å². The third-order valence-corrected chi connectivity index (χ3v) is 3.24. The van der Waals surface area contributed by atoms with Gasteiger partial charge in [0.05, 0.1) is 25.5 Å². The first-order valence-corrected chi connectivity index (χ1v) is 6.22. The lowest BCUT2D eigenvalue weighted by Gasteiger charge is -2.16. The number of amides is 2. The van der Waals surface area contributed by atoms with Gasteiger partial charge in [-0.15, -0.1) is 0 Å². The average molecular weight is 284 g/mol. The SMILES string of the molecule is COc1cc(OC)cc(N2C(=O)c3cccnc3C2=O)c1. The van der Waals surface area contributed by atoms with Crippen molar-refractivity contribution in [1.29, 1.82) is 0 Å². The molecule has 0 spiro atoms. The molecule has 0 radical (unpaired) electrons. The van der Waals surface area contributed by atoms with Crippen LogP contribution < -0.4 is 14.4 Å². The van der Waals surface area contributed by atoms with Gasteiger partial charge in [0.15, 0.2) is 0 Å². The number of methoxy groups -OCH3 is 2. The van der Waals surface area contributed by atoms with E-state index in [1.807, 2.05) is 0 Å². The number of pyridine rings is 1. The molecule has 1 aliphatic heterocycles. The van der Waals surface area contributed by atoms with E-state index in [1.54, 1.807) is 30.3 Å². The highest BCUT2D eigenvalue weighted by atomic mass is 16.5. The van der Waals surface area contributed by atoms with Gasteiger partial charge in [-0.2, -0.15) is 0 Å². The number of ether oxygens (including phenoxy) is 2. The van der Waals surface area contributed by atoms with Gasteiger partial charge >= 0.3 is 0 Å². The van der Waals surface area contributed by atoms with Crippen LogP contribution in [0.1, 0.15) is 20.8 Å². The van der Waals surface area contributed by atoms with Crippen molar-refractivity contribution in [3.63, 3.8) is 0 Å². The Hall–Kier alpha value is -2.89. The number of carbonyl (C=O) groups excluding carboxylic acids is 2. The average Bonchev–Trinajstić information content (AvgIpc) is 2.78. The van der Waals surface area contributed by atoms with E-state index in [9.17, 15) is 9.59 Å². The largest absolute Gasteiger partial charge is 0.497 e. The van der Waals surface area contributed by atoms with Gasteiger partial charge in [-0.3, -0.25) is 14.6 Å². The van der Waals surface area contributed by atoms with Crippen LogP contribution in [0.25, 0.3) is 0 Å². The molecule has 1 aromatic heterocycles. The molecule has 21 heavy (non-hydrogen) atoms. The predicted molar refractivity (Wildman–Crippen MR) is 74.9 cm³/mol. The van der Waals surface area contributed by atoms with Crippen LogP contribution in [0.3, 0.4) is 0 Å². The number of anilines is 1. The minimum absolute atomic E-state index is 0.157. The van der Waals surface area contributed by atoms with Crippen molar-refractivity contribution in [3.8, 4) is 11.5 Å². The van der Waals surface area contributed by atoms with Crippen LogP contribution in [0.4, 0.5) is 5.69 Å². The fourth-order valence-corrected chi connectivity index (χ4v) is 2.22. The second-order valence-electron chi connectivity index (χ2n) is 4.42. The highest BCUT2D eigenvalue weighted by molar-refractivity contribution is 6.33. The summed E-state index contributed by atoms with van der Waals surface area (Å²) in [6.07, 6.45) is 1.49. The van der Waals surface area contributed by atoms with E-state index in [2.05, 4.69) is 4.98 Å². The Kier molecular flexibility index (Phi) is 3.06. The number of carbonyl (C=O) groups is 2. The Balaban J connectivity index is 2.10. The molecule has 0 bridgehead atoms. The van der Waals surface area contributed by atoms with Crippen molar-refractivity contribution in [1.82, 2.24) is 4.98 Å². The van der Waals surface area contributed by atoms with Crippen LogP contribution in [0, 0.1) is 0 Å². The Morgan fingerprint density at radius 3 is 2.24 bits per heavy atom. The lowest BCUT2D eigenvalue weighted by molar-refractivity contribution is 0.0924. The van der Waals surface area contributed by atoms with Crippen LogP contribution in [-0.2, 0) is 0 Å². The summed E-state index contributed by atoms with van der Waals surface area (Å²) >= 11 is 0. The molecular weight excluding hydrogens is 272 g/mol. The molecule has 0 fully saturated rings. The highest BCUT2D eigenvalue weighted by Gasteiger charge is 2.38. The zero-order chi connectivity index (χ0) is 15.0. The number of rotatable bonds is 3.